The highest BCUT2D eigenvalue weighted by Crippen LogP contribution is 2.00. The van der Waals surface area contributed by atoms with Crippen LogP contribution in [0.2, 0.25) is 0 Å². The Labute approximate surface area is 258 Å². The van der Waals surface area contributed by atoms with E-state index in [1.54, 1.807) is 21.3 Å². The summed E-state index contributed by atoms with van der Waals surface area (Å²) >= 11 is 0. The summed E-state index contributed by atoms with van der Waals surface area (Å²) in [6.45, 7) is 8.24. The van der Waals surface area contributed by atoms with Gasteiger partial charge in [0.15, 0.2) is 0 Å². The molecule has 9 nitrogen and oxygen atoms in total. The van der Waals surface area contributed by atoms with Gasteiger partial charge in [-0.05, 0) is 51.4 Å². The van der Waals surface area contributed by atoms with Gasteiger partial charge < -0.3 is 28.4 Å². The topological polar surface area (TPSA) is 107 Å². The van der Waals surface area contributed by atoms with Gasteiger partial charge in [0.1, 0.15) is 0 Å². The molecule has 0 aliphatic heterocycles. The fourth-order valence-electron chi connectivity index (χ4n) is 2.22. The smallest absolute Gasteiger partial charge is 0.302 e. The van der Waals surface area contributed by atoms with Crippen LogP contribution in [0.15, 0.2) is 0 Å². The maximum atomic E-state index is 10.3. The lowest BCUT2D eigenvalue weighted by molar-refractivity contribution is -0.142. The monoisotopic (exact) mass is 616 g/mol. The number of hydrogen-bond donors (Lipinski definition) is 0. The molecule has 0 heterocycles. The van der Waals surface area contributed by atoms with Gasteiger partial charge in [0, 0.05) is 63.3 Å². The van der Waals surface area contributed by atoms with Crippen molar-refractivity contribution in [2.24, 2.45) is 0 Å². The number of carbonyl (C=O) groups is 3. The zero-order chi connectivity index (χ0) is 25.6. The van der Waals surface area contributed by atoms with Gasteiger partial charge in [-0.3, -0.25) is 19.1 Å². The maximum Gasteiger partial charge on any atom is 0.302 e. The van der Waals surface area contributed by atoms with E-state index in [1.807, 2.05) is 0 Å². The second-order valence-corrected chi connectivity index (χ2v) is 7.18. The number of methoxy groups -OCH3 is 3. The first-order valence-corrected chi connectivity index (χ1v) is 11.7. The minimum atomic E-state index is -0.211. The van der Waals surface area contributed by atoms with Crippen molar-refractivity contribution in [2.75, 3.05) is 61.0 Å². The van der Waals surface area contributed by atoms with Crippen LogP contribution in [0.4, 0.5) is 4.70 Å². The Balaban J connectivity index is -0.0000000291. The minimum absolute atomic E-state index is 0. The van der Waals surface area contributed by atoms with Crippen LogP contribution < -0.4 is 0 Å². The number of halogens is 1. The lowest BCUT2D eigenvalue weighted by atomic mass is 10.2. The molecular formula is C31H79FO9. The normalized spacial score (nSPS) is 7.76. The summed E-state index contributed by atoms with van der Waals surface area (Å²) in [6.07, 6.45) is 9.17. The Morgan fingerprint density at radius 1 is 0.390 bits per heavy atom. The standard InChI is InChI=1S/C9H18O3.C8H16O3.C7H14O3.7CH4.FH.H2/c1-9(10)12-8-6-4-3-5-7-11-2;1-8(9)11-7-5-3-4-6-10-2;1-7(8)10-6-4-3-5-9-2;;;;;;;;;/h3-8H2,1-2H3;3-7H2,1-2H3;3-6H2,1-2H3;7*1H4;2*1H/i;;;;;;;;;;;1+1. The van der Waals surface area contributed by atoms with Gasteiger partial charge in [-0.2, -0.15) is 0 Å². The van der Waals surface area contributed by atoms with E-state index in [4.69, 9.17) is 28.4 Å². The molecule has 41 heavy (non-hydrogen) atoms. The SMILES string of the molecule is C.C.C.C.C.C.C.COCCCCCCOC(C)=O.COCCCCCOC(C)=O.COCCCCOC(C)=O.F.[2HH]. The fourth-order valence-corrected chi connectivity index (χ4v) is 2.22. The number of esters is 3. The first kappa shape index (κ1) is 71.9. The van der Waals surface area contributed by atoms with Crippen LogP contribution in [-0.2, 0) is 42.8 Å². The van der Waals surface area contributed by atoms with Crippen LogP contribution in [-0.4, -0.2) is 78.9 Å². The van der Waals surface area contributed by atoms with E-state index in [0.717, 1.165) is 77.6 Å². The summed E-state index contributed by atoms with van der Waals surface area (Å²) in [5.41, 5.74) is 0. The summed E-state index contributed by atoms with van der Waals surface area (Å²) in [5.74, 6) is -0.596. The molecule has 0 bridgehead atoms. The van der Waals surface area contributed by atoms with Crippen molar-refractivity contribution in [3.8, 4) is 0 Å². The molecule has 0 aliphatic rings. The third-order valence-electron chi connectivity index (χ3n) is 3.89. The van der Waals surface area contributed by atoms with Crippen molar-refractivity contribution < 1.29 is 48.9 Å². The predicted octanol–water partition coefficient (Wildman–Crippen LogP) is 8.95. The molecule has 0 aliphatic carbocycles. The number of rotatable bonds is 18. The molecule has 10 heteroatoms. The van der Waals surface area contributed by atoms with Crippen LogP contribution in [0.25, 0.3) is 0 Å². The first-order chi connectivity index (χ1) is 15.8. The van der Waals surface area contributed by atoms with Crippen LogP contribution in [0.3, 0.4) is 0 Å². The highest BCUT2D eigenvalue weighted by molar-refractivity contribution is 5.66. The molecule has 0 amide bonds. The molecule has 0 fully saturated rings. The molecule has 0 spiro atoms. The zero-order valence-corrected chi connectivity index (χ0v) is 22.2. The van der Waals surface area contributed by atoms with Crippen LogP contribution in [0.1, 0.15) is 132 Å². The zero-order valence-electron chi connectivity index (χ0n) is 22.2. The minimum Gasteiger partial charge on any atom is -0.466 e. The number of hydrogen-bond acceptors (Lipinski definition) is 9. The average Bonchev–Trinajstić information content (AvgIpc) is 2.76. The van der Waals surface area contributed by atoms with Gasteiger partial charge in [-0.25, -0.2) is 0 Å². The quantitative estimate of drug-likeness (QED) is 0.0848. The third-order valence-corrected chi connectivity index (χ3v) is 3.89. The van der Waals surface area contributed by atoms with Crippen LogP contribution in [0, 0.1) is 0 Å². The molecule has 0 rings (SSSR count). The lowest BCUT2D eigenvalue weighted by Crippen LogP contribution is -2.01. The maximum absolute atomic E-state index is 10.3. The summed E-state index contributed by atoms with van der Waals surface area (Å²) in [6, 6.07) is 0. The number of ether oxygens (including phenoxy) is 6. The second kappa shape index (κ2) is 66.5. The number of carbonyl (C=O) groups excluding carboxylic acids is 3. The Morgan fingerprint density at radius 2 is 0.561 bits per heavy atom. The molecular weight excluding hydrogens is 535 g/mol. The fraction of sp³-hybridized carbons (Fsp3) is 0.903. The molecule has 0 atom stereocenters. The van der Waals surface area contributed by atoms with E-state index in [9.17, 15) is 14.4 Å². The van der Waals surface area contributed by atoms with Crippen molar-refractivity contribution in [2.45, 2.75) is 131 Å². The van der Waals surface area contributed by atoms with E-state index in [-0.39, 0.29) is 76.0 Å². The van der Waals surface area contributed by atoms with Crippen LogP contribution in [0.5, 0.6) is 0 Å². The second-order valence-electron chi connectivity index (χ2n) is 7.18. The summed E-state index contributed by atoms with van der Waals surface area (Å²) in [7, 11) is 5.05. The lowest BCUT2D eigenvalue weighted by Gasteiger charge is -2.01. The van der Waals surface area contributed by atoms with E-state index in [0.29, 0.717) is 19.8 Å². The van der Waals surface area contributed by atoms with E-state index in [1.165, 1.54) is 20.8 Å². The molecule has 0 N–H and O–H groups in total. The molecule has 0 aromatic carbocycles. The summed E-state index contributed by atoms with van der Waals surface area (Å²) in [5, 5.41) is 0. The predicted molar refractivity (Wildman–Crippen MR) is 179 cm³/mol. The van der Waals surface area contributed by atoms with Gasteiger partial charge in [0.25, 0.3) is 0 Å². The van der Waals surface area contributed by atoms with Crippen molar-refractivity contribution >= 4 is 17.9 Å². The number of unbranched alkanes of at least 4 members (excludes halogenated alkanes) is 6. The molecule has 0 saturated carbocycles. The Morgan fingerprint density at radius 3 is 0.780 bits per heavy atom. The van der Waals surface area contributed by atoms with Gasteiger partial charge in [-0.1, -0.05) is 58.4 Å². The molecule has 0 saturated heterocycles. The van der Waals surface area contributed by atoms with E-state index >= 15 is 0 Å². The molecule has 264 valence electrons. The van der Waals surface area contributed by atoms with Crippen molar-refractivity contribution in [1.82, 2.24) is 0 Å². The van der Waals surface area contributed by atoms with E-state index < -0.39 is 0 Å². The molecule has 0 radical (unpaired) electrons. The molecule has 0 aromatic heterocycles. The molecule has 0 aromatic rings. The van der Waals surface area contributed by atoms with Crippen LogP contribution >= 0.6 is 0 Å². The third kappa shape index (κ3) is 102. The van der Waals surface area contributed by atoms with Gasteiger partial charge in [0.2, 0.25) is 0 Å². The van der Waals surface area contributed by atoms with E-state index in [2.05, 4.69) is 0 Å². The Hall–Kier alpha value is -1.78. The summed E-state index contributed by atoms with van der Waals surface area (Å²) < 4.78 is 28.8. The highest BCUT2D eigenvalue weighted by Gasteiger charge is 1.94. The average molecular weight is 616 g/mol. The first-order valence-electron chi connectivity index (χ1n) is 11.7. The molecule has 0 unspecified atom stereocenters. The largest absolute Gasteiger partial charge is 0.466 e. The van der Waals surface area contributed by atoms with Crippen molar-refractivity contribution in [1.29, 1.82) is 0 Å². The van der Waals surface area contributed by atoms with Gasteiger partial charge >= 0.3 is 17.9 Å². The van der Waals surface area contributed by atoms with Crippen molar-refractivity contribution in [3.63, 3.8) is 0 Å². The Kier molecular flexibility index (Phi) is 117. The van der Waals surface area contributed by atoms with Gasteiger partial charge in [0.05, 0.1) is 19.8 Å². The summed E-state index contributed by atoms with van der Waals surface area (Å²) in [4.78, 5) is 30.8. The van der Waals surface area contributed by atoms with Gasteiger partial charge in [-0.15, -0.1) is 0 Å². The Bertz CT molecular complexity index is 445. The van der Waals surface area contributed by atoms with Crippen molar-refractivity contribution in [3.05, 3.63) is 0 Å². The highest BCUT2D eigenvalue weighted by atomic mass is 19.0.